The summed E-state index contributed by atoms with van der Waals surface area (Å²) in [5.74, 6) is 2.18. The molecule has 0 saturated carbocycles. The lowest BCUT2D eigenvalue weighted by Crippen LogP contribution is -2.34. The number of carbonyl (C=O) groups is 1. The predicted molar refractivity (Wildman–Crippen MR) is 110 cm³/mol. The Morgan fingerprint density at radius 2 is 2.11 bits per heavy atom. The van der Waals surface area contributed by atoms with Gasteiger partial charge in [-0.2, -0.15) is 0 Å². The number of carbonyl (C=O) groups excluding carboxylic acids is 1. The van der Waals surface area contributed by atoms with E-state index in [1.807, 2.05) is 30.3 Å². The van der Waals surface area contributed by atoms with E-state index in [-0.39, 0.29) is 5.91 Å². The Balaban J connectivity index is 1.59. The van der Waals surface area contributed by atoms with Crippen LogP contribution in [0.4, 0.5) is 5.69 Å². The fourth-order valence-corrected chi connectivity index (χ4v) is 3.54. The normalized spacial score (nSPS) is 17.6. The van der Waals surface area contributed by atoms with Crippen molar-refractivity contribution < 1.29 is 14.3 Å². The van der Waals surface area contributed by atoms with Crippen LogP contribution in [0.5, 0.6) is 11.5 Å². The van der Waals surface area contributed by atoms with Crippen LogP contribution in [0.3, 0.4) is 0 Å². The number of rotatable bonds is 8. The maximum Gasteiger partial charge on any atom is 0.224 e. The molecule has 3 rings (SSSR count). The smallest absolute Gasteiger partial charge is 0.224 e. The van der Waals surface area contributed by atoms with Crippen molar-refractivity contribution in [3.63, 3.8) is 0 Å². The Morgan fingerprint density at radius 3 is 2.82 bits per heavy atom. The molecule has 1 aliphatic heterocycles. The molecule has 0 aliphatic carbocycles. The first kappa shape index (κ1) is 20.1. The van der Waals surface area contributed by atoms with E-state index >= 15 is 0 Å². The summed E-state index contributed by atoms with van der Waals surface area (Å²) in [6.07, 6.45) is 6.36. The van der Waals surface area contributed by atoms with E-state index in [1.165, 1.54) is 12.8 Å². The third-order valence-electron chi connectivity index (χ3n) is 5.24. The molecule has 6 nitrogen and oxygen atoms in total. The Kier molecular flexibility index (Phi) is 7.25. The highest BCUT2D eigenvalue weighted by Gasteiger charge is 2.22. The van der Waals surface area contributed by atoms with Gasteiger partial charge < -0.3 is 20.1 Å². The largest absolute Gasteiger partial charge is 0.493 e. The zero-order valence-electron chi connectivity index (χ0n) is 16.6. The second-order valence-electron chi connectivity index (χ2n) is 7.35. The number of piperidine rings is 1. The maximum absolute atomic E-state index is 12.5. The van der Waals surface area contributed by atoms with Crippen LogP contribution in [0.1, 0.15) is 31.7 Å². The number of aromatic nitrogens is 1. The summed E-state index contributed by atoms with van der Waals surface area (Å²) in [6.45, 7) is 4.66. The molecule has 2 unspecified atom stereocenters. The summed E-state index contributed by atoms with van der Waals surface area (Å²) >= 11 is 0. The molecule has 2 heterocycles. The van der Waals surface area contributed by atoms with Crippen LogP contribution in [-0.2, 0) is 11.4 Å². The molecule has 1 aromatic heterocycles. The van der Waals surface area contributed by atoms with Crippen LogP contribution in [0.15, 0.2) is 42.7 Å². The fraction of sp³-hybridized carbons (Fsp3) is 0.455. The minimum absolute atomic E-state index is 0.0309. The average molecular weight is 383 g/mol. The fourth-order valence-electron chi connectivity index (χ4n) is 3.54. The number of amides is 1. The van der Waals surface area contributed by atoms with Crippen molar-refractivity contribution in [3.05, 3.63) is 48.3 Å². The summed E-state index contributed by atoms with van der Waals surface area (Å²) in [5.41, 5.74) is 1.73. The molecular weight excluding hydrogens is 354 g/mol. The maximum atomic E-state index is 12.5. The van der Waals surface area contributed by atoms with Gasteiger partial charge in [0, 0.05) is 30.6 Å². The summed E-state index contributed by atoms with van der Waals surface area (Å²) in [6, 6.07) is 9.26. The van der Waals surface area contributed by atoms with Gasteiger partial charge in [0.05, 0.1) is 7.11 Å². The first-order valence-electron chi connectivity index (χ1n) is 9.86. The summed E-state index contributed by atoms with van der Waals surface area (Å²) in [7, 11) is 1.60. The van der Waals surface area contributed by atoms with Gasteiger partial charge in [0.25, 0.3) is 0 Å². The van der Waals surface area contributed by atoms with Gasteiger partial charge in [-0.15, -0.1) is 0 Å². The van der Waals surface area contributed by atoms with Crippen molar-refractivity contribution >= 4 is 11.6 Å². The Morgan fingerprint density at radius 1 is 1.29 bits per heavy atom. The summed E-state index contributed by atoms with van der Waals surface area (Å²) in [4.78, 5) is 16.5. The molecule has 2 N–H and O–H groups in total. The van der Waals surface area contributed by atoms with E-state index in [2.05, 4.69) is 22.5 Å². The molecule has 0 bridgehead atoms. The molecule has 2 atom stereocenters. The number of ether oxygens (including phenoxy) is 2. The van der Waals surface area contributed by atoms with Crippen molar-refractivity contribution in [3.8, 4) is 11.5 Å². The van der Waals surface area contributed by atoms with E-state index in [9.17, 15) is 4.79 Å². The van der Waals surface area contributed by atoms with Crippen LogP contribution in [-0.4, -0.2) is 31.1 Å². The predicted octanol–water partition coefficient (Wildman–Crippen LogP) is 3.63. The lowest BCUT2D eigenvalue weighted by atomic mass is 9.85. The topological polar surface area (TPSA) is 72.5 Å². The number of anilines is 1. The van der Waals surface area contributed by atoms with Gasteiger partial charge in [-0.05, 0) is 67.6 Å². The SMILES string of the molecule is COc1ccc(NC(=O)CC(C)C2CCCNC2)cc1OCc1ccncc1. The van der Waals surface area contributed by atoms with E-state index in [0.717, 1.165) is 18.7 Å². The van der Waals surface area contributed by atoms with E-state index in [4.69, 9.17) is 9.47 Å². The molecule has 1 saturated heterocycles. The van der Waals surface area contributed by atoms with Gasteiger partial charge in [0.15, 0.2) is 11.5 Å². The number of hydrogen-bond acceptors (Lipinski definition) is 5. The lowest BCUT2D eigenvalue weighted by Gasteiger charge is -2.28. The Hall–Kier alpha value is -2.60. The van der Waals surface area contributed by atoms with Gasteiger partial charge in [-0.25, -0.2) is 0 Å². The minimum atomic E-state index is 0.0309. The van der Waals surface area contributed by atoms with E-state index < -0.39 is 0 Å². The molecular formula is C22H29N3O3. The molecule has 0 radical (unpaired) electrons. The monoisotopic (exact) mass is 383 g/mol. The molecule has 1 fully saturated rings. The minimum Gasteiger partial charge on any atom is -0.493 e. The van der Waals surface area contributed by atoms with Crippen molar-refractivity contribution in [2.45, 2.75) is 32.8 Å². The molecule has 28 heavy (non-hydrogen) atoms. The molecule has 1 aromatic carbocycles. The van der Waals surface area contributed by atoms with Crippen molar-refractivity contribution in [2.75, 3.05) is 25.5 Å². The quantitative estimate of drug-likeness (QED) is 0.728. The van der Waals surface area contributed by atoms with Crippen molar-refractivity contribution in [1.82, 2.24) is 10.3 Å². The number of nitrogens with one attached hydrogen (secondary N) is 2. The number of hydrogen-bond donors (Lipinski definition) is 2. The highest BCUT2D eigenvalue weighted by Crippen LogP contribution is 2.31. The lowest BCUT2D eigenvalue weighted by molar-refractivity contribution is -0.117. The molecule has 6 heteroatoms. The number of nitrogens with zero attached hydrogens (tertiary/aromatic N) is 1. The number of benzene rings is 1. The van der Waals surface area contributed by atoms with Gasteiger partial charge in [0.1, 0.15) is 6.61 Å². The van der Waals surface area contributed by atoms with Crippen molar-refractivity contribution in [1.29, 1.82) is 0 Å². The zero-order valence-corrected chi connectivity index (χ0v) is 16.6. The Bertz CT molecular complexity index is 761. The molecule has 0 spiro atoms. The highest BCUT2D eigenvalue weighted by atomic mass is 16.5. The molecule has 1 amide bonds. The second kappa shape index (κ2) is 10.1. The third kappa shape index (κ3) is 5.70. The van der Waals surface area contributed by atoms with E-state index in [1.54, 1.807) is 19.5 Å². The van der Waals surface area contributed by atoms with Crippen LogP contribution >= 0.6 is 0 Å². The number of methoxy groups -OCH3 is 1. The van der Waals surface area contributed by atoms with Gasteiger partial charge in [-0.3, -0.25) is 9.78 Å². The first-order chi connectivity index (χ1) is 13.7. The van der Waals surface area contributed by atoms with Gasteiger partial charge in [0.2, 0.25) is 5.91 Å². The van der Waals surface area contributed by atoms with Crippen LogP contribution in [0.25, 0.3) is 0 Å². The Labute approximate surface area is 166 Å². The van der Waals surface area contributed by atoms with Gasteiger partial charge >= 0.3 is 0 Å². The second-order valence-corrected chi connectivity index (χ2v) is 7.35. The molecule has 1 aliphatic rings. The van der Waals surface area contributed by atoms with Gasteiger partial charge in [-0.1, -0.05) is 6.92 Å². The highest BCUT2D eigenvalue weighted by molar-refractivity contribution is 5.91. The first-order valence-corrected chi connectivity index (χ1v) is 9.86. The van der Waals surface area contributed by atoms with E-state index in [0.29, 0.717) is 42.0 Å². The van der Waals surface area contributed by atoms with Crippen LogP contribution in [0, 0.1) is 11.8 Å². The van der Waals surface area contributed by atoms with Crippen LogP contribution in [0.2, 0.25) is 0 Å². The molecule has 2 aromatic rings. The van der Waals surface area contributed by atoms with Crippen LogP contribution < -0.4 is 20.1 Å². The van der Waals surface area contributed by atoms with Crippen molar-refractivity contribution in [2.24, 2.45) is 11.8 Å². The average Bonchev–Trinajstić information content (AvgIpc) is 2.73. The molecule has 150 valence electrons. The summed E-state index contributed by atoms with van der Waals surface area (Å²) < 4.78 is 11.3. The standard InChI is InChI=1S/C22H29N3O3/c1-16(18-4-3-9-24-14-18)12-22(26)25-19-5-6-20(27-2)21(13-19)28-15-17-7-10-23-11-8-17/h5-8,10-11,13,16,18,24H,3-4,9,12,14-15H2,1-2H3,(H,25,26). The summed E-state index contributed by atoms with van der Waals surface area (Å²) in [5, 5.41) is 6.42. The third-order valence-corrected chi connectivity index (χ3v) is 5.24. The number of pyridine rings is 1. The zero-order chi connectivity index (χ0) is 19.8.